The summed E-state index contributed by atoms with van der Waals surface area (Å²) in [5.41, 5.74) is 0.0603. The van der Waals surface area contributed by atoms with Crippen molar-refractivity contribution in [2.45, 2.75) is 37.1 Å². The van der Waals surface area contributed by atoms with E-state index in [4.69, 9.17) is 9.47 Å². The van der Waals surface area contributed by atoms with Gasteiger partial charge in [0.15, 0.2) is 0 Å². The fraction of sp³-hybridized carbons (Fsp3) is 0.500. The zero-order valence-electron chi connectivity index (χ0n) is 14.1. The molecule has 1 saturated heterocycles. The fourth-order valence-electron chi connectivity index (χ4n) is 2.79. The lowest BCUT2D eigenvalue weighted by Crippen LogP contribution is -2.47. The molecule has 0 spiro atoms. The number of benzene rings is 1. The number of carbonyl (C=O) groups excluding carboxylic acids is 1. The molecule has 1 aliphatic heterocycles. The number of piperidine rings is 1. The SMILES string of the molecule is CCOC(=O)c1ccc(OC)c(S(=O)(=O)N2CCCCC2C(=O)O)c1. The second-order valence-corrected chi connectivity index (χ2v) is 7.41. The van der Waals surface area contributed by atoms with Crippen LogP contribution in [-0.4, -0.2) is 56.1 Å². The number of sulfonamides is 1. The van der Waals surface area contributed by atoms with E-state index < -0.39 is 28.0 Å². The Balaban J connectivity index is 2.51. The average Bonchev–Trinajstić information content (AvgIpc) is 2.61. The van der Waals surface area contributed by atoms with Crippen LogP contribution < -0.4 is 4.74 Å². The molecule has 0 bridgehead atoms. The van der Waals surface area contributed by atoms with Gasteiger partial charge >= 0.3 is 11.9 Å². The highest BCUT2D eigenvalue weighted by molar-refractivity contribution is 7.89. The van der Waals surface area contributed by atoms with Gasteiger partial charge in [-0.05, 0) is 44.4 Å². The third-order valence-electron chi connectivity index (χ3n) is 4.00. The summed E-state index contributed by atoms with van der Waals surface area (Å²) in [7, 11) is -2.84. The number of aliphatic carboxylic acids is 1. The molecule has 0 saturated carbocycles. The molecule has 25 heavy (non-hydrogen) atoms. The number of hydrogen-bond acceptors (Lipinski definition) is 6. The zero-order valence-corrected chi connectivity index (χ0v) is 14.9. The molecule has 1 aromatic rings. The van der Waals surface area contributed by atoms with E-state index in [1.807, 2.05) is 0 Å². The number of hydrogen-bond donors (Lipinski definition) is 1. The molecule has 1 aliphatic rings. The standard InChI is InChI=1S/C16H21NO7S/c1-3-24-16(20)11-7-8-13(23-2)14(10-11)25(21,22)17-9-5-4-6-12(17)15(18)19/h7-8,10,12H,3-6,9H2,1-2H3,(H,18,19). The lowest BCUT2D eigenvalue weighted by atomic mass is 10.1. The van der Waals surface area contributed by atoms with Gasteiger partial charge in [0.25, 0.3) is 0 Å². The molecule has 0 amide bonds. The van der Waals surface area contributed by atoms with Crippen LogP contribution in [0.3, 0.4) is 0 Å². The lowest BCUT2D eigenvalue weighted by Gasteiger charge is -2.32. The summed E-state index contributed by atoms with van der Waals surface area (Å²) in [6, 6.07) is 2.80. The van der Waals surface area contributed by atoms with Crippen LogP contribution in [0.25, 0.3) is 0 Å². The molecular formula is C16H21NO7S. The van der Waals surface area contributed by atoms with Gasteiger partial charge in [-0.3, -0.25) is 4.79 Å². The minimum Gasteiger partial charge on any atom is -0.495 e. The van der Waals surface area contributed by atoms with Gasteiger partial charge in [-0.1, -0.05) is 0 Å². The van der Waals surface area contributed by atoms with Gasteiger partial charge < -0.3 is 14.6 Å². The molecule has 8 nitrogen and oxygen atoms in total. The van der Waals surface area contributed by atoms with Crippen molar-refractivity contribution in [3.8, 4) is 5.75 Å². The van der Waals surface area contributed by atoms with E-state index in [2.05, 4.69) is 0 Å². The van der Waals surface area contributed by atoms with Crippen molar-refractivity contribution in [2.75, 3.05) is 20.3 Å². The quantitative estimate of drug-likeness (QED) is 0.755. The predicted molar refractivity (Wildman–Crippen MR) is 88.1 cm³/mol. The zero-order chi connectivity index (χ0) is 18.6. The first-order chi connectivity index (χ1) is 11.8. The Hall–Kier alpha value is -2.13. The molecule has 0 radical (unpaired) electrons. The Morgan fingerprint density at radius 1 is 1.32 bits per heavy atom. The number of carbonyl (C=O) groups is 2. The minimum absolute atomic E-state index is 0.0442. The maximum atomic E-state index is 13.0. The maximum Gasteiger partial charge on any atom is 0.338 e. The Morgan fingerprint density at radius 2 is 2.04 bits per heavy atom. The molecule has 1 unspecified atom stereocenters. The lowest BCUT2D eigenvalue weighted by molar-refractivity contribution is -0.142. The smallest absolute Gasteiger partial charge is 0.338 e. The first-order valence-electron chi connectivity index (χ1n) is 7.92. The molecule has 138 valence electrons. The molecule has 2 rings (SSSR count). The number of esters is 1. The summed E-state index contributed by atoms with van der Waals surface area (Å²) in [6.07, 6.45) is 1.46. The van der Waals surface area contributed by atoms with Crippen LogP contribution >= 0.6 is 0 Å². The van der Waals surface area contributed by atoms with Crippen molar-refractivity contribution in [3.05, 3.63) is 23.8 Å². The number of ether oxygens (including phenoxy) is 2. The van der Waals surface area contributed by atoms with Crippen LogP contribution in [0.2, 0.25) is 0 Å². The molecule has 1 heterocycles. The predicted octanol–water partition coefficient (Wildman–Crippen LogP) is 1.50. The molecule has 1 aromatic carbocycles. The van der Waals surface area contributed by atoms with Crippen LogP contribution in [-0.2, 0) is 19.6 Å². The van der Waals surface area contributed by atoms with Crippen LogP contribution in [0.5, 0.6) is 5.75 Å². The Kier molecular flexibility index (Phi) is 6.02. The Morgan fingerprint density at radius 3 is 2.64 bits per heavy atom. The third kappa shape index (κ3) is 3.93. The topological polar surface area (TPSA) is 110 Å². The average molecular weight is 371 g/mol. The van der Waals surface area contributed by atoms with Crippen molar-refractivity contribution in [1.29, 1.82) is 0 Å². The largest absolute Gasteiger partial charge is 0.495 e. The van der Waals surface area contributed by atoms with Crippen LogP contribution in [0.4, 0.5) is 0 Å². The van der Waals surface area contributed by atoms with E-state index >= 15 is 0 Å². The van der Waals surface area contributed by atoms with Crippen LogP contribution in [0.15, 0.2) is 23.1 Å². The van der Waals surface area contributed by atoms with E-state index in [0.717, 1.165) is 4.31 Å². The molecule has 1 N–H and O–H groups in total. The number of rotatable bonds is 6. The summed E-state index contributed by atoms with van der Waals surface area (Å²) in [6.45, 7) is 1.90. The van der Waals surface area contributed by atoms with Gasteiger partial charge in [-0.15, -0.1) is 0 Å². The highest BCUT2D eigenvalue weighted by atomic mass is 32.2. The van der Waals surface area contributed by atoms with E-state index in [1.54, 1.807) is 6.92 Å². The van der Waals surface area contributed by atoms with Crippen molar-refractivity contribution < 1.29 is 32.6 Å². The third-order valence-corrected chi connectivity index (χ3v) is 5.93. The van der Waals surface area contributed by atoms with Gasteiger partial charge in [0.2, 0.25) is 10.0 Å². The van der Waals surface area contributed by atoms with Gasteiger partial charge in [0.1, 0.15) is 16.7 Å². The van der Waals surface area contributed by atoms with E-state index in [-0.39, 0.29) is 35.8 Å². The number of methoxy groups -OCH3 is 1. The second-order valence-electron chi connectivity index (χ2n) is 5.55. The molecule has 0 aliphatic carbocycles. The number of nitrogens with zero attached hydrogens (tertiary/aromatic N) is 1. The monoisotopic (exact) mass is 371 g/mol. The first kappa shape index (κ1) is 19.2. The van der Waals surface area contributed by atoms with Crippen LogP contribution in [0, 0.1) is 0 Å². The minimum atomic E-state index is -4.15. The Bertz CT molecular complexity index is 760. The normalized spacial score (nSPS) is 18.6. The van der Waals surface area contributed by atoms with E-state index in [0.29, 0.717) is 12.8 Å². The van der Waals surface area contributed by atoms with Crippen molar-refractivity contribution in [2.24, 2.45) is 0 Å². The van der Waals surface area contributed by atoms with E-state index in [1.165, 1.54) is 25.3 Å². The van der Waals surface area contributed by atoms with Crippen molar-refractivity contribution in [1.82, 2.24) is 4.31 Å². The molecular weight excluding hydrogens is 350 g/mol. The summed E-state index contributed by atoms with van der Waals surface area (Å²) >= 11 is 0. The van der Waals surface area contributed by atoms with Gasteiger partial charge in [0, 0.05) is 6.54 Å². The highest BCUT2D eigenvalue weighted by Gasteiger charge is 2.39. The fourth-order valence-corrected chi connectivity index (χ4v) is 4.62. The van der Waals surface area contributed by atoms with Gasteiger partial charge in [-0.25, -0.2) is 13.2 Å². The van der Waals surface area contributed by atoms with Gasteiger partial charge in [0.05, 0.1) is 19.3 Å². The van der Waals surface area contributed by atoms with Crippen molar-refractivity contribution in [3.63, 3.8) is 0 Å². The van der Waals surface area contributed by atoms with Crippen LogP contribution in [0.1, 0.15) is 36.5 Å². The summed E-state index contributed by atoms with van der Waals surface area (Å²) in [5, 5.41) is 9.35. The molecule has 1 fully saturated rings. The first-order valence-corrected chi connectivity index (χ1v) is 9.36. The molecule has 1 atom stereocenters. The summed E-state index contributed by atoms with van der Waals surface area (Å²) in [5.74, 6) is -1.80. The number of carboxylic acid groups (broad SMARTS) is 1. The van der Waals surface area contributed by atoms with Crippen molar-refractivity contribution >= 4 is 22.0 Å². The number of carboxylic acids is 1. The molecule has 0 aromatic heterocycles. The second kappa shape index (κ2) is 7.83. The summed E-state index contributed by atoms with van der Waals surface area (Å²) in [4.78, 5) is 23.1. The maximum absolute atomic E-state index is 13.0. The summed E-state index contributed by atoms with van der Waals surface area (Å²) < 4.78 is 37.1. The Labute approximate surface area is 146 Å². The highest BCUT2D eigenvalue weighted by Crippen LogP contribution is 2.32. The molecule has 9 heteroatoms. The van der Waals surface area contributed by atoms with Gasteiger partial charge in [-0.2, -0.15) is 4.31 Å². The van der Waals surface area contributed by atoms with E-state index in [9.17, 15) is 23.1 Å².